The van der Waals surface area contributed by atoms with Gasteiger partial charge in [0.05, 0.1) is 43.3 Å². The standard InChI is InChI=1S/C26H26F8N8O4/c1-45-10-17(41-9-18(26(32,33)34)37-23(41)44)12-6-19-36-16(8-42(19)35-7-12)20(11-4-13-14(5-11)25(13,30)31)38-22(43)21-15(39-46-40-21)2-3-24(27,28)29/h6-8,11,13-14,17-18,20H,2-5,9-10H2,1H3,(H,37,44)(H,38,43)/t11-,13-,14+,17-,18+,20?/m1/s1. The number of hydrogen-bond acceptors (Lipinski definition) is 8. The summed E-state index contributed by atoms with van der Waals surface area (Å²) in [6.45, 7) is -0.852. The third kappa shape index (κ3) is 6.05. The topological polar surface area (TPSA) is 140 Å². The second-order valence-electron chi connectivity index (χ2n) is 11.7. The molecule has 3 aliphatic rings. The highest BCUT2D eigenvalue weighted by atomic mass is 19.4. The molecule has 0 spiro atoms. The highest BCUT2D eigenvalue weighted by Gasteiger charge is 2.72. The van der Waals surface area contributed by atoms with Gasteiger partial charge in [0.2, 0.25) is 0 Å². The maximum Gasteiger partial charge on any atom is 0.410 e. The number of methoxy groups -OCH3 is 1. The first-order valence-electron chi connectivity index (χ1n) is 14.1. The van der Waals surface area contributed by atoms with E-state index >= 15 is 0 Å². The van der Waals surface area contributed by atoms with E-state index in [1.807, 2.05) is 5.32 Å². The van der Waals surface area contributed by atoms with E-state index in [0.717, 1.165) is 4.90 Å². The van der Waals surface area contributed by atoms with E-state index < -0.39 is 91.2 Å². The van der Waals surface area contributed by atoms with Crippen LogP contribution in [-0.2, 0) is 11.2 Å². The summed E-state index contributed by atoms with van der Waals surface area (Å²) in [7, 11) is 1.31. The van der Waals surface area contributed by atoms with Crippen LogP contribution in [0.4, 0.5) is 39.9 Å². The first-order valence-corrected chi connectivity index (χ1v) is 14.1. The number of alkyl halides is 8. The zero-order valence-corrected chi connectivity index (χ0v) is 23.8. The third-order valence-electron chi connectivity index (χ3n) is 8.75. The fourth-order valence-corrected chi connectivity index (χ4v) is 6.35. The van der Waals surface area contributed by atoms with Crippen molar-refractivity contribution < 1.29 is 54.1 Å². The van der Waals surface area contributed by atoms with Crippen molar-refractivity contribution in [2.24, 2.45) is 17.8 Å². The Bertz CT molecular complexity index is 1610. The number of ether oxygens (including phenoxy) is 1. The van der Waals surface area contributed by atoms with Gasteiger partial charge in [-0.3, -0.25) is 4.79 Å². The van der Waals surface area contributed by atoms with Crippen LogP contribution in [0.15, 0.2) is 23.1 Å². The predicted molar refractivity (Wildman–Crippen MR) is 136 cm³/mol. The fraction of sp³-hybridized carbons (Fsp3) is 0.615. The molecule has 3 amide bonds. The van der Waals surface area contributed by atoms with Crippen LogP contribution in [0.2, 0.25) is 0 Å². The minimum atomic E-state index is -4.67. The second-order valence-corrected chi connectivity index (χ2v) is 11.7. The van der Waals surface area contributed by atoms with E-state index in [0.29, 0.717) is 0 Å². The van der Waals surface area contributed by atoms with Crippen molar-refractivity contribution in [3.63, 3.8) is 0 Å². The summed E-state index contributed by atoms with van der Waals surface area (Å²) < 4.78 is 117. The van der Waals surface area contributed by atoms with Crippen LogP contribution >= 0.6 is 0 Å². The molecule has 0 radical (unpaired) electrons. The maximum atomic E-state index is 14.1. The summed E-state index contributed by atoms with van der Waals surface area (Å²) >= 11 is 0. The number of aryl methyl sites for hydroxylation is 1. The monoisotopic (exact) mass is 666 g/mol. The van der Waals surface area contributed by atoms with Gasteiger partial charge < -0.3 is 20.3 Å². The highest BCUT2D eigenvalue weighted by Crippen LogP contribution is 2.67. The molecule has 0 bridgehead atoms. The molecule has 2 saturated carbocycles. The Morgan fingerprint density at radius 3 is 2.54 bits per heavy atom. The summed E-state index contributed by atoms with van der Waals surface area (Å²) in [6.07, 6.45) is -8.37. The molecule has 12 nitrogen and oxygen atoms in total. The molecule has 46 heavy (non-hydrogen) atoms. The number of halogens is 8. The zero-order chi connectivity index (χ0) is 33.2. The number of imidazole rings is 1. The summed E-state index contributed by atoms with van der Waals surface area (Å²) in [6, 6.07) is -3.56. The van der Waals surface area contributed by atoms with Crippen LogP contribution in [0.5, 0.6) is 0 Å². The minimum Gasteiger partial charge on any atom is -0.382 e. The zero-order valence-electron chi connectivity index (χ0n) is 23.8. The van der Waals surface area contributed by atoms with Crippen LogP contribution in [-0.4, -0.2) is 86.3 Å². The molecular formula is C26H26F8N8O4. The number of nitrogens with one attached hydrogen (secondary N) is 2. The number of amides is 3. The SMILES string of the molecule is COC[C@H](c1cnn2cc(C(NC(=O)c3nonc3CCC(F)(F)F)[C@@H]3C[C@@H]4[C@H](C3)C4(F)F)nc2c1)N1C[C@@H](C(F)(F)F)NC1=O. The summed E-state index contributed by atoms with van der Waals surface area (Å²) in [5, 5.41) is 15.7. The van der Waals surface area contributed by atoms with Crippen molar-refractivity contribution in [2.45, 2.75) is 62.1 Å². The number of aromatic nitrogens is 5. The average Bonchev–Trinajstić information content (AvgIpc) is 3.64. The lowest BCUT2D eigenvalue weighted by Gasteiger charge is -2.26. The van der Waals surface area contributed by atoms with Crippen LogP contribution in [0.1, 0.15) is 58.8 Å². The molecule has 250 valence electrons. The molecule has 2 aliphatic carbocycles. The van der Waals surface area contributed by atoms with Crippen LogP contribution < -0.4 is 10.6 Å². The van der Waals surface area contributed by atoms with Gasteiger partial charge in [-0.15, -0.1) is 0 Å². The lowest BCUT2D eigenvalue weighted by Crippen LogP contribution is -2.40. The molecule has 4 heterocycles. The largest absolute Gasteiger partial charge is 0.410 e. The van der Waals surface area contributed by atoms with E-state index in [-0.39, 0.29) is 42.0 Å². The predicted octanol–water partition coefficient (Wildman–Crippen LogP) is 4.01. The van der Waals surface area contributed by atoms with E-state index in [1.54, 1.807) is 0 Å². The van der Waals surface area contributed by atoms with Crippen LogP contribution in [0, 0.1) is 17.8 Å². The second kappa shape index (κ2) is 11.3. The molecule has 3 fully saturated rings. The van der Waals surface area contributed by atoms with Crippen molar-refractivity contribution in [1.82, 2.24) is 40.4 Å². The normalized spacial score (nSPS) is 25.4. The number of fused-ring (bicyclic) bond motifs is 2. The number of carbonyl (C=O) groups excluding carboxylic acids is 2. The van der Waals surface area contributed by atoms with Crippen LogP contribution in [0.3, 0.4) is 0 Å². The maximum absolute atomic E-state index is 14.1. The van der Waals surface area contributed by atoms with Gasteiger partial charge in [-0.25, -0.2) is 27.7 Å². The Balaban J connectivity index is 1.28. The molecular weight excluding hydrogens is 640 g/mol. The number of nitrogens with zero attached hydrogens (tertiary/aromatic N) is 6. The van der Waals surface area contributed by atoms with E-state index in [2.05, 4.69) is 30.3 Å². The molecule has 6 atom stereocenters. The lowest BCUT2D eigenvalue weighted by molar-refractivity contribution is -0.150. The number of urea groups is 1. The van der Waals surface area contributed by atoms with E-state index in [1.165, 1.54) is 30.1 Å². The molecule has 3 aromatic rings. The van der Waals surface area contributed by atoms with Crippen molar-refractivity contribution in [3.05, 3.63) is 41.1 Å². The van der Waals surface area contributed by atoms with Gasteiger partial charge in [-0.05, 0) is 30.0 Å². The molecule has 1 unspecified atom stereocenters. The molecule has 2 N–H and O–H groups in total. The number of hydrogen-bond donors (Lipinski definition) is 2. The molecule has 6 rings (SSSR count). The molecule has 20 heteroatoms. The fourth-order valence-electron chi connectivity index (χ4n) is 6.35. The Kier molecular flexibility index (Phi) is 7.83. The molecule has 3 aromatic heterocycles. The summed E-state index contributed by atoms with van der Waals surface area (Å²) in [5.41, 5.74) is -0.203. The lowest BCUT2D eigenvalue weighted by atomic mass is 9.91. The van der Waals surface area contributed by atoms with Gasteiger partial charge in [0.1, 0.15) is 11.7 Å². The van der Waals surface area contributed by atoms with E-state index in [9.17, 15) is 44.7 Å². The van der Waals surface area contributed by atoms with Gasteiger partial charge in [-0.1, -0.05) is 5.16 Å². The van der Waals surface area contributed by atoms with Crippen molar-refractivity contribution in [1.29, 1.82) is 0 Å². The van der Waals surface area contributed by atoms with Gasteiger partial charge >= 0.3 is 18.4 Å². The van der Waals surface area contributed by atoms with Crippen molar-refractivity contribution in [2.75, 3.05) is 20.3 Å². The highest BCUT2D eigenvalue weighted by molar-refractivity contribution is 5.93. The first kappa shape index (κ1) is 31.9. The Morgan fingerprint density at radius 1 is 1.20 bits per heavy atom. The summed E-state index contributed by atoms with van der Waals surface area (Å²) in [4.78, 5) is 31.2. The third-order valence-corrected chi connectivity index (χ3v) is 8.75. The van der Waals surface area contributed by atoms with E-state index in [4.69, 9.17) is 4.74 Å². The average molecular weight is 667 g/mol. The van der Waals surface area contributed by atoms with Gasteiger partial charge in [0.25, 0.3) is 11.8 Å². The Labute approximate surface area is 253 Å². The van der Waals surface area contributed by atoms with Gasteiger partial charge in [0.15, 0.2) is 11.3 Å². The van der Waals surface area contributed by atoms with Gasteiger partial charge in [0, 0.05) is 37.4 Å². The smallest absolute Gasteiger partial charge is 0.382 e. The number of rotatable bonds is 10. The van der Waals surface area contributed by atoms with Crippen LogP contribution in [0.25, 0.3) is 5.65 Å². The summed E-state index contributed by atoms with van der Waals surface area (Å²) in [5.74, 6) is -6.09. The van der Waals surface area contributed by atoms with Crippen molar-refractivity contribution >= 4 is 17.6 Å². The van der Waals surface area contributed by atoms with Gasteiger partial charge in [-0.2, -0.15) is 31.4 Å². The Morgan fingerprint density at radius 2 is 1.91 bits per heavy atom. The minimum absolute atomic E-state index is 0.0352. The Hall–Kier alpha value is -4.10. The quantitative estimate of drug-likeness (QED) is 0.310. The van der Waals surface area contributed by atoms with Crippen molar-refractivity contribution in [3.8, 4) is 0 Å². The molecule has 0 aromatic carbocycles. The molecule has 1 aliphatic heterocycles. The molecule has 1 saturated heterocycles. The first-order chi connectivity index (χ1) is 21.6. The number of carbonyl (C=O) groups is 2.